The molecule has 2 rings (SSSR count). The predicted molar refractivity (Wildman–Crippen MR) is 88.2 cm³/mol. The Kier molecular flexibility index (Phi) is 5.33. The van der Waals surface area contributed by atoms with Crippen molar-refractivity contribution < 1.29 is 27.7 Å². The predicted octanol–water partition coefficient (Wildman–Crippen LogP) is 1.10. The summed E-state index contributed by atoms with van der Waals surface area (Å²) in [5, 5.41) is 13.5. The third-order valence-corrected chi connectivity index (χ3v) is 5.79. The summed E-state index contributed by atoms with van der Waals surface area (Å²) < 4.78 is 27.8. The van der Waals surface area contributed by atoms with E-state index in [-0.39, 0.29) is 28.5 Å². The Morgan fingerprint density at radius 3 is 2.68 bits per heavy atom. The normalized spacial score (nSPS) is 21.5. The SMILES string of the molecule is C[C@]1(NC(=O)COC(=O)c2ccc(Cl)cc2[N+](=O)[O-])CCS(=O)(=O)C1. The first-order valence-electron chi connectivity index (χ1n) is 7.14. The summed E-state index contributed by atoms with van der Waals surface area (Å²) in [4.78, 5) is 34.0. The number of rotatable bonds is 5. The molecule has 1 atom stereocenters. The lowest BCUT2D eigenvalue weighted by atomic mass is 10.0. The van der Waals surface area contributed by atoms with Crippen molar-refractivity contribution in [3.8, 4) is 0 Å². The summed E-state index contributed by atoms with van der Waals surface area (Å²) in [5.74, 6) is -1.96. The number of nitrogens with zero attached hydrogens (tertiary/aromatic N) is 1. The summed E-state index contributed by atoms with van der Waals surface area (Å²) in [6.07, 6.45) is 0.262. The molecule has 11 heteroatoms. The van der Waals surface area contributed by atoms with Gasteiger partial charge in [-0.05, 0) is 25.5 Å². The second kappa shape index (κ2) is 6.96. The molecule has 0 radical (unpaired) electrons. The molecular formula is C14H15ClN2O7S. The van der Waals surface area contributed by atoms with Gasteiger partial charge in [-0.3, -0.25) is 14.9 Å². The van der Waals surface area contributed by atoms with Crippen LogP contribution in [0.3, 0.4) is 0 Å². The number of sulfone groups is 1. The minimum absolute atomic E-state index is 0.0272. The number of nitro benzene ring substituents is 1. The second-order valence-corrected chi connectivity index (χ2v) is 8.57. The van der Waals surface area contributed by atoms with E-state index in [4.69, 9.17) is 16.3 Å². The van der Waals surface area contributed by atoms with Crippen molar-refractivity contribution in [2.24, 2.45) is 0 Å². The van der Waals surface area contributed by atoms with Gasteiger partial charge in [-0.2, -0.15) is 0 Å². The first-order chi connectivity index (χ1) is 11.5. The molecule has 0 aliphatic carbocycles. The average Bonchev–Trinajstić information content (AvgIpc) is 2.77. The number of esters is 1. The van der Waals surface area contributed by atoms with Crippen LogP contribution in [0.5, 0.6) is 0 Å². The van der Waals surface area contributed by atoms with E-state index in [1.807, 2.05) is 0 Å². The zero-order chi connectivity index (χ0) is 18.8. The molecular weight excluding hydrogens is 376 g/mol. The summed E-state index contributed by atoms with van der Waals surface area (Å²) in [5.41, 5.74) is -1.79. The van der Waals surface area contributed by atoms with Gasteiger partial charge in [0.2, 0.25) is 0 Å². The number of benzene rings is 1. The number of hydrogen-bond acceptors (Lipinski definition) is 7. The van der Waals surface area contributed by atoms with Gasteiger partial charge in [0, 0.05) is 11.1 Å². The van der Waals surface area contributed by atoms with Gasteiger partial charge in [-0.15, -0.1) is 0 Å². The number of ether oxygens (including phenoxy) is 1. The van der Waals surface area contributed by atoms with Gasteiger partial charge in [0.25, 0.3) is 11.6 Å². The maximum atomic E-state index is 12.0. The Morgan fingerprint density at radius 1 is 1.44 bits per heavy atom. The van der Waals surface area contributed by atoms with E-state index in [1.165, 1.54) is 6.07 Å². The molecule has 0 saturated carbocycles. The maximum absolute atomic E-state index is 12.0. The molecule has 9 nitrogen and oxygen atoms in total. The number of hydrogen-bond donors (Lipinski definition) is 1. The molecule has 1 fully saturated rings. The largest absolute Gasteiger partial charge is 0.452 e. The molecule has 1 amide bonds. The average molecular weight is 391 g/mol. The molecule has 1 aromatic carbocycles. The summed E-state index contributed by atoms with van der Waals surface area (Å²) in [6.45, 7) is 0.898. The Hall–Kier alpha value is -2.20. The summed E-state index contributed by atoms with van der Waals surface area (Å²) in [7, 11) is -3.20. The van der Waals surface area contributed by atoms with E-state index >= 15 is 0 Å². The highest BCUT2D eigenvalue weighted by molar-refractivity contribution is 7.91. The van der Waals surface area contributed by atoms with Crippen molar-refractivity contribution in [1.82, 2.24) is 5.32 Å². The van der Waals surface area contributed by atoms with Crippen LogP contribution in [0.1, 0.15) is 23.7 Å². The molecule has 1 aromatic rings. The van der Waals surface area contributed by atoms with Crippen molar-refractivity contribution in [1.29, 1.82) is 0 Å². The first-order valence-corrected chi connectivity index (χ1v) is 9.34. The molecule has 1 aliphatic heterocycles. The third-order valence-electron chi connectivity index (χ3n) is 3.66. The fourth-order valence-electron chi connectivity index (χ4n) is 2.52. The highest BCUT2D eigenvalue weighted by atomic mass is 35.5. The van der Waals surface area contributed by atoms with Crippen LogP contribution in [0, 0.1) is 10.1 Å². The molecule has 1 N–H and O–H groups in total. The van der Waals surface area contributed by atoms with Gasteiger partial charge in [0.05, 0.1) is 22.0 Å². The monoisotopic (exact) mass is 390 g/mol. The van der Waals surface area contributed by atoms with Crippen LogP contribution in [0.2, 0.25) is 5.02 Å². The van der Waals surface area contributed by atoms with Gasteiger partial charge in [-0.25, -0.2) is 13.2 Å². The number of nitrogens with one attached hydrogen (secondary N) is 1. The second-order valence-electron chi connectivity index (χ2n) is 5.95. The molecule has 136 valence electrons. The Bertz CT molecular complexity index is 840. The molecule has 0 unspecified atom stereocenters. The molecule has 25 heavy (non-hydrogen) atoms. The van der Waals surface area contributed by atoms with Gasteiger partial charge < -0.3 is 10.1 Å². The summed E-state index contributed by atoms with van der Waals surface area (Å²) in [6, 6.07) is 3.42. The zero-order valence-corrected chi connectivity index (χ0v) is 14.7. The minimum Gasteiger partial charge on any atom is -0.452 e. The van der Waals surface area contributed by atoms with Crippen LogP contribution in [-0.2, 0) is 19.4 Å². The van der Waals surface area contributed by atoms with E-state index in [2.05, 4.69) is 5.32 Å². The van der Waals surface area contributed by atoms with Crippen molar-refractivity contribution in [3.05, 3.63) is 38.9 Å². The lowest BCUT2D eigenvalue weighted by Crippen LogP contribution is -2.48. The maximum Gasteiger partial charge on any atom is 0.345 e. The molecule has 0 spiro atoms. The lowest BCUT2D eigenvalue weighted by molar-refractivity contribution is -0.385. The Labute approximate surface area is 148 Å². The topological polar surface area (TPSA) is 133 Å². The van der Waals surface area contributed by atoms with E-state index in [9.17, 15) is 28.1 Å². The smallest absolute Gasteiger partial charge is 0.345 e. The van der Waals surface area contributed by atoms with Crippen LogP contribution in [-0.4, -0.2) is 48.9 Å². The van der Waals surface area contributed by atoms with Crippen molar-refractivity contribution in [2.45, 2.75) is 18.9 Å². The van der Waals surface area contributed by atoms with Gasteiger partial charge in [0.1, 0.15) is 5.56 Å². The number of nitro groups is 1. The Balaban J connectivity index is 1.99. The highest BCUT2D eigenvalue weighted by Gasteiger charge is 2.39. The number of amides is 1. The van der Waals surface area contributed by atoms with E-state index in [0.717, 1.165) is 12.1 Å². The number of carbonyl (C=O) groups excluding carboxylic acids is 2. The van der Waals surface area contributed by atoms with Crippen LogP contribution in [0.25, 0.3) is 0 Å². The molecule has 0 bridgehead atoms. The fourth-order valence-corrected chi connectivity index (χ4v) is 4.78. The molecule has 1 saturated heterocycles. The van der Waals surface area contributed by atoms with E-state index in [1.54, 1.807) is 6.92 Å². The van der Waals surface area contributed by atoms with Gasteiger partial charge in [0.15, 0.2) is 16.4 Å². The quantitative estimate of drug-likeness (QED) is 0.452. The van der Waals surface area contributed by atoms with Crippen LogP contribution in [0.15, 0.2) is 18.2 Å². The van der Waals surface area contributed by atoms with Crippen LogP contribution >= 0.6 is 11.6 Å². The standard InChI is InChI=1S/C14H15ClN2O7S/c1-14(4-5-25(22,23)8-14)16-12(18)7-24-13(19)10-3-2-9(15)6-11(10)17(20)21/h2-3,6H,4-5,7-8H2,1H3,(H,16,18)/t14-/m0/s1. The highest BCUT2D eigenvalue weighted by Crippen LogP contribution is 2.24. The van der Waals surface area contributed by atoms with Gasteiger partial charge >= 0.3 is 5.97 Å². The van der Waals surface area contributed by atoms with Crippen molar-refractivity contribution >= 4 is 39.0 Å². The Morgan fingerprint density at radius 2 is 2.12 bits per heavy atom. The van der Waals surface area contributed by atoms with E-state index in [0.29, 0.717) is 0 Å². The molecule has 1 heterocycles. The number of halogens is 1. The van der Waals surface area contributed by atoms with Gasteiger partial charge in [-0.1, -0.05) is 11.6 Å². The first kappa shape index (κ1) is 19.1. The van der Waals surface area contributed by atoms with Crippen LogP contribution < -0.4 is 5.32 Å². The zero-order valence-electron chi connectivity index (χ0n) is 13.2. The lowest BCUT2D eigenvalue weighted by Gasteiger charge is -2.23. The van der Waals surface area contributed by atoms with Crippen LogP contribution in [0.4, 0.5) is 5.69 Å². The van der Waals surface area contributed by atoms with Crippen molar-refractivity contribution in [3.63, 3.8) is 0 Å². The van der Waals surface area contributed by atoms with E-state index < -0.39 is 44.5 Å². The molecule has 0 aromatic heterocycles. The summed E-state index contributed by atoms with van der Waals surface area (Å²) >= 11 is 5.66. The molecule has 1 aliphatic rings. The van der Waals surface area contributed by atoms with Crippen molar-refractivity contribution in [2.75, 3.05) is 18.1 Å². The number of carbonyl (C=O) groups is 2. The fraction of sp³-hybridized carbons (Fsp3) is 0.429. The minimum atomic E-state index is -3.20. The third kappa shape index (κ3) is 4.89.